The van der Waals surface area contributed by atoms with Crippen LogP contribution in [0.3, 0.4) is 0 Å². The van der Waals surface area contributed by atoms with Crippen molar-refractivity contribution in [2.45, 2.75) is 23.6 Å². The van der Waals surface area contributed by atoms with Crippen LogP contribution in [0.25, 0.3) is 0 Å². The number of nitrogens with zero attached hydrogens (tertiary/aromatic N) is 1. The summed E-state index contributed by atoms with van der Waals surface area (Å²) in [5.41, 5.74) is 2.46. The number of fused-ring (bicyclic) bond motifs is 1. The lowest BCUT2D eigenvalue weighted by atomic mass is 9.95. The van der Waals surface area contributed by atoms with Gasteiger partial charge in [-0.05, 0) is 31.0 Å². The molecule has 1 aliphatic rings. The van der Waals surface area contributed by atoms with E-state index in [1.165, 1.54) is 28.7 Å². The van der Waals surface area contributed by atoms with Gasteiger partial charge < -0.3 is 5.32 Å². The normalized spacial score (nSPS) is 18.4. The molecule has 1 unspecified atom stereocenters. The molecule has 7 heteroatoms. The minimum atomic E-state index is -3.48. The first-order valence-corrected chi connectivity index (χ1v) is 9.09. The van der Waals surface area contributed by atoms with Gasteiger partial charge >= 0.3 is 0 Å². The lowest BCUT2D eigenvalue weighted by Crippen LogP contribution is -2.38. The van der Waals surface area contributed by atoms with E-state index >= 15 is 0 Å². The number of thiazole rings is 1. The maximum atomic E-state index is 12.2. The average Bonchev–Trinajstić information content (AvgIpc) is 2.93. The molecule has 0 saturated carbocycles. The summed E-state index contributed by atoms with van der Waals surface area (Å²) in [4.78, 5) is 4.00. The van der Waals surface area contributed by atoms with Crippen LogP contribution in [0.5, 0.6) is 0 Å². The smallest absolute Gasteiger partial charge is 0.251 e. The molecule has 0 fully saturated rings. The number of sulfonamides is 1. The SMILES string of the molecule is Cc1ncc(S(=O)(=O)NCC2NCCc3ccccc32)s1. The summed E-state index contributed by atoms with van der Waals surface area (Å²) in [6, 6.07) is 8.17. The molecule has 1 aliphatic heterocycles. The quantitative estimate of drug-likeness (QED) is 0.897. The topological polar surface area (TPSA) is 71.1 Å². The molecule has 0 saturated heterocycles. The minimum Gasteiger partial charge on any atom is -0.308 e. The molecule has 2 N–H and O–H groups in total. The van der Waals surface area contributed by atoms with Gasteiger partial charge in [0.15, 0.2) is 4.21 Å². The first kappa shape index (κ1) is 14.6. The lowest BCUT2D eigenvalue weighted by Gasteiger charge is -2.26. The molecule has 1 aromatic carbocycles. The van der Waals surface area contributed by atoms with Crippen molar-refractivity contribution < 1.29 is 8.42 Å². The molecule has 0 spiro atoms. The maximum Gasteiger partial charge on any atom is 0.251 e. The van der Waals surface area contributed by atoms with Crippen LogP contribution >= 0.6 is 11.3 Å². The van der Waals surface area contributed by atoms with Crippen molar-refractivity contribution >= 4 is 21.4 Å². The Morgan fingerprint density at radius 1 is 1.43 bits per heavy atom. The molecule has 5 nitrogen and oxygen atoms in total. The van der Waals surface area contributed by atoms with Crippen LogP contribution in [-0.2, 0) is 16.4 Å². The predicted molar refractivity (Wildman–Crippen MR) is 82.9 cm³/mol. The van der Waals surface area contributed by atoms with Gasteiger partial charge in [0.05, 0.1) is 11.2 Å². The fourth-order valence-electron chi connectivity index (χ4n) is 2.51. The Balaban J connectivity index is 1.74. The van der Waals surface area contributed by atoms with Gasteiger partial charge in [-0.25, -0.2) is 18.1 Å². The van der Waals surface area contributed by atoms with E-state index in [1.807, 2.05) is 12.1 Å². The molecule has 2 aromatic rings. The molecular weight excluding hydrogens is 306 g/mol. The third kappa shape index (κ3) is 3.16. The molecule has 0 bridgehead atoms. The number of rotatable bonds is 4. The summed E-state index contributed by atoms with van der Waals surface area (Å²) in [6.07, 6.45) is 2.39. The van der Waals surface area contributed by atoms with E-state index in [0.29, 0.717) is 6.54 Å². The number of hydrogen-bond acceptors (Lipinski definition) is 5. The number of aryl methyl sites for hydroxylation is 1. The molecule has 0 aliphatic carbocycles. The first-order valence-electron chi connectivity index (χ1n) is 6.79. The Bertz CT molecular complexity index is 740. The summed E-state index contributed by atoms with van der Waals surface area (Å²) < 4.78 is 27.4. The summed E-state index contributed by atoms with van der Waals surface area (Å²) in [5, 5.41) is 4.11. The Hall–Kier alpha value is -1.28. The summed E-state index contributed by atoms with van der Waals surface area (Å²) >= 11 is 1.18. The molecule has 1 atom stereocenters. The second kappa shape index (κ2) is 5.84. The third-order valence-electron chi connectivity index (χ3n) is 3.56. The van der Waals surface area contributed by atoms with Gasteiger partial charge in [-0.1, -0.05) is 24.3 Å². The van der Waals surface area contributed by atoms with Gasteiger partial charge in [0, 0.05) is 12.6 Å². The molecule has 3 rings (SSSR count). The second-order valence-electron chi connectivity index (χ2n) is 5.01. The van der Waals surface area contributed by atoms with Gasteiger partial charge in [-0.15, -0.1) is 11.3 Å². The van der Waals surface area contributed by atoms with Crippen molar-refractivity contribution in [1.29, 1.82) is 0 Å². The van der Waals surface area contributed by atoms with Crippen molar-refractivity contribution in [1.82, 2.24) is 15.0 Å². The fraction of sp³-hybridized carbons (Fsp3) is 0.357. The van der Waals surface area contributed by atoms with Crippen LogP contribution < -0.4 is 10.0 Å². The Morgan fingerprint density at radius 3 is 3.00 bits per heavy atom. The van der Waals surface area contributed by atoms with E-state index in [0.717, 1.165) is 18.0 Å². The molecule has 2 heterocycles. The highest BCUT2D eigenvalue weighted by Gasteiger charge is 2.23. The highest BCUT2D eigenvalue weighted by atomic mass is 32.2. The van der Waals surface area contributed by atoms with Gasteiger partial charge in [0.1, 0.15) is 0 Å². The van der Waals surface area contributed by atoms with Gasteiger partial charge in [-0.3, -0.25) is 0 Å². The summed E-state index contributed by atoms with van der Waals surface area (Å²) in [5.74, 6) is 0. The molecule has 0 amide bonds. The fourth-order valence-corrected chi connectivity index (χ4v) is 4.70. The van der Waals surface area contributed by atoms with Crippen molar-refractivity contribution in [3.8, 4) is 0 Å². The number of hydrogen-bond donors (Lipinski definition) is 2. The zero-order valence-electron chi connectivity index (χ0n) is 11.7. The molecule has 112 valence electrons. The number of benzene rings is 1. The van der Waals surface area contributed by atoms with Crippen LogP contribution in [0, 0.1) is 6.92 Å². The maximum absolute atomic E-state index is 12.2. The van der Waals surface area contributed by atoms with Crippen LogP contribution in [0.2, 0.25) is 0 Å². The van der Waals surface area contributed by atoms with Gasteiger partial charge in [0.25, 0.3) is 10.0 Å². The van der Waals surface area contributed by atoms with E-state index in [2.05, 4.69) is 27.2 Å². The first-order chi connectivity index (χ1) is 10.1. The van der Waals surface area contributed by atoms with Crippen molar-refractivity contribution in [3.05, 3.63) is 46.6 Å². The van der Waals surface area contributed by atoms with Crippen LogP contribution in [0.15, 0.2) is 34.7 Å². The average molecular weight is 323 g/mol. The van der Waals surface area contributed by atoms with Crippen molar-refractivity contribution in [2.24, 2.45) is 0 Å². The van der Waals surface area contributed by atoms with E-state index in [-0.39, 0.29) is 10.3 Å². The van der Waals surface area contributed by atoms with E-state index in [4.69, 9.17) is 0 Å². The molecule has 0 radical (unpaired) electrons. The molecule has 21 heavy (non-hydrogen) atoms. The highest BCUT2D eigenvalue weighted by Crippen LogP contribution is 2.23. The largest absolute Gasteiger partial charge is 0.308 e. The number of nitrogens with one attached hydrogen (secondary N) is 2. The molecular formula is C14H17N3O2S2. The van der Waals surface area contributed by atoms with Crippen LogP contribution in [0.4, 0.5) is 0 Å². The minimum absolute atomic E-state index is 0.0127. The van der Waals surface area contributed by atoms with E-state index in [1.54, 1.807) is 6.92 Å². The lowest BCUT2D eigenvalue weighted by molar-refractivity contribution is 0.492. The van der Waals surface area contributed by atoms with E-state index in [9.17, 15) is 8.42 Å². The number of aromatic nitrogens is 1. The second-order valence-corrected chi connectivity index (χ2v) is 8.23. The third-order valence-corrected chi connectivity index (χ3v) is 6.36. The Morgan fingerprint density at radius 2 is 2.24 bits per heavy atom. The Labute approximate surface area is 128 Å². The van der Waals surface area contributed by atoms with Crippen LogP contribution in [0.1, 0.15) is 22.2 Å². The van der Waals surface area contributed by atoms with Gasteiger partial charge in [-0.2, -0.15) is 0 Å². The molecule has 1 aromatic heterocycles. The standard InChI is InChI=1S/C14H17N3O2S2/c1-10-16-9-14(20-10)21(18,19)17-8-13-12-5-3-2-4-11(12)6-7-15-13/h2-5,9,13,15,17H,6-8H2,1H3. The van der Waals surface area contributed by atoms with Gasteiger partial charge in [0.2, 0.25) is 0 Å². The Kier molecular flexibility index (Phi) is 4.08. The van der Waals surface area contributed by atoms with Crippen molar-refractivity contribution in [2.75, 3.05) is 13.1 Å². The predicted octanol–water partition coefficient (Wildman–Crippen LogP) is 1.62. The monoisotopic (exact) mass is 323 g/mol. The van der Waals surface area contributed by atoms with Crippen molar-refractivity contribution in [3.63, 3.8) is 0 Å². The highest BCUT2D eigenvalue weighted by molar-refractivity contribution is 7.91. The zero-order chi connectivity index (χ0) is 14.9. The zero-order valence-corrected chi connectivity index (χ0v) is 13.3. The van der Waals surface area contributed by atoms with E-state index < -0.39 is 10.0 Å². The summed E-state index contributed by atoms with van der Waals surface area (Å²) in [7, 11) is -3.48. The van der Waals surface area contributed by atoms with Crippen LogP contribution in [-0.4, -0.2) is 26.5 Å². The summed E-state index contributed by atoms with van der Waals surface area (Å²) in [6.45, 7) is 3.00.